The van der Waals surface area contributed by atoms with Gasteiger partial charge in [-0.3, -0.25) is 9.78 Å². The summed E-state index contributed by atoms with van der Waals surface area (Å²) in [7, 11) is 0. The lowest BCUT2D eigenvalue weighted by Gasteiger charge is -2.18. The number of para-hydroxylation sites is 1. The van der Waals surface area contributed by atoms with Crippen LogP contribution in [0.4, 0.5) is 5.69 Å². The highest BCUT2D eigenvalue weighted by molar-refractivity contribution is 6.35. The highest BCUT2D eigenvalue weighted by Crippen LogP contribution is 2.29. The maximum atomic E-state index is 13.1. The summed E-state index contributed by atoms with van der Waals surface area (Å²) in [6, 6.07) is 6.16. The Morgan fingerprint density at radius 1 is 1.08 bits per heavy atom. The van der Waals surface area contributed by atoms with Gasteiger partial charge in [-0.05, 0) is 56.2 Å². The summed E-state index contributed by atoms with van der Waals surface area (Å²) in [4.78, 5) is 17.7. The molecule has 1 heterocycles. The lowest BCUT2D eigenvalue weighted by atomic mass is 10.0. The first-order valence-corrected chi connectivity index (χ1v) is 9.89. The number of carbonyl (C=O) groups is 1. The van der Waals surface area contributed by atoms with Crippen LogP contribution in [0.1, 0.15) is 72.0 Å². The molecule has 0 fully saturated rings. The predicted molar refractivity (Wildman–Crippen MR) is 110 cm³/mol. The molecule has 26 heavy (non-hydrogen) atoms. The van der Waals surface area contributed by atoms with Crippen molar-refractivity contribution < 1.29 is 4.79 Å². The normalized spacial score (nSPS) is 10.8. The highest BCUT2D eigenvalue weighted by atomic mass is 35.5. The summed E-state index contributed by atoms with van der Waals surface area (Å²) in [6.07, 6.45) is 4.69. The molecule has 0 radical (unpaired) electrons. The Balaban J connectivity index is 2.45. The molecule has 1 aromatic carbocycles. The van der Waals surface area contributed by atoms with Crippen molar-refractivity contribution in [3.8, 4) is 0 Å². The molecule has 3 nitrogen and oxygen atoms in total. The standard InChI is InChI=1S/C22H29ClN2O/c1-6-9-13-18-14(4)24-15(5)19(20(18)23)22(26)25-21-16(7-2)11-10-12-17(21)8-3/h10-12H,6-9,13H2,1-5H3,(H,25,26). The molecule has 0 saturated heterocycles. The number of halogens is 1. The number of nitrogens with zero attached hydrogens (tertiary/aromatic N) is 1. The Morgan fingerprint density at radius 2 is 1.69 bits per heavy atom. The number of aromatic nitrogens is 1. The van der Waals surface area contributed by atoms with Crippen molar-refractivity contribution in [3.63, 3.8) is 0 Å². The zero-order chi connectivity index (χ0) is 19.3. The number of nitrogens with one attached hydrogen (secondary N) is 1. The molecule has 0 unspecified atom stereocenters. The van der Waals surface area contributed by atoms with E-state index in [-0.39, 0.29) is 5.91 Å². The first-order chi connectivity index (χ1) is 12.4. The fourth-order valence-electron chi connectivity index (χ4n) is 3.33. The number of rotatable bonds is 7. The quantitative estimate of drug-likeness (QED) is 0.640. The van der Waals surface area contributed by atoms with E-state index in [9.17, 15) is 4.79 Å². The fourth-order valence-corrected chi connectivity index (χ4v) is 3.78. The molecule has 0 atom stereocenters. The minimum Gasteiger partial charge on any atom is -0.321 e. The van der Waals surface area contributed by atoms with Crippen molar-refractivity contribution in [2.24, 2.45) is 0 Å². The fraction of sp³-hybridized carbons (Fsp3) is 0.455. The number of anilines is 1. The van der Waals surface area contributed by atoms with Crippen LogP contribution in [0, 0.1) is 13.8 Å². The summed E-state index contributed by atoms with van der Waals surface area (Å²) in [5, 5.41) is 3.67. The third-order valence-electron chi connectivity index (χ3n) is 4.86. The second-order valence-electron chi connectivity index (χ2n) is 6.67. The molecular formula is C22H29ClN2O. The molecule has 0 aliphatic heterocycles. The number of benzene rings is 1. The van der Waals surface area contributed by atoms with E-state index in [4.69, 9.17) is 11.6 Å². The van der Waals surface area contributed by atoms with E-state index in [0.717, 1.165) is 60.2 Å². The SMILES string of the molecule is CCCCc1c(C)nc(C)c(C(=O)Nc2c(CC)cccc2CC)c1Cl. The minimum absolute atomic E-state index is 0.173. The number of amides is 1. The van der Waals surface area contributed by atoms with E-state index in [1.807, 2.05) is 19.9 Å². The summed E-state index contributed by atoms with van der Waals surface area (Å²) >= 11 is 6.66. The van der Waals surface area contributed by atoms with E-state index in [1.54, 1.807) is 0 Å². The number of hydrogen-bond donors (Lipinski definition) is 1. The second kappa shape index (κ2) is 9.18. The monoisotopic (exact) mass is 372 g/mol. The Kier molecular flexibility index (Phi) is 7.22. The van der Waals surface area contributed by atoms with Crippen LogP contribution >= 0.6 is 11.6 Å². The van der Waals surface area contributed by atoms with Gasteiger partial charge in [0.1, 0.15) is 0 Å². The van der Waals surface area contributed by atoms with E-state index >= 15 is 0 Å². The highest BCUT2D eigenvalue weighted by Gasteiger charge is 2.21. The predicted octanol–water partition coefficient (Wildman–Crippen LogP) is 6.07. The Labute approximate surface area is 162 Å². The lowest BCUT2D eigenvalue weighted by molar-refractivity contribution is 0.102. The summed E-state index contributed by atoms with van der Waals surface area (Å²) in [5.74, 6) is -0.173. The van der Waals surface area contributed by atoms with Gasteiger partial charge in [0.25, 0.3) is 5.91 Å². The van der Waals surface area contributed by atoms with Gasteiger partial charge in [-0.2, -0.15) is 0 Å². The molecule has 4 heteroatoms. The molecule has 0 spiro atoms. The van der Waals surface area contributed by atoms with Gasteiger partial charge in [-0.1, -0.05) is 57.0 Å². The van der Waals surface area contributed by atoms with Crippen molar-refractivity contribution in [1.82, 2.24) is 4.98 Å². The lowest BCUT2D eigenvalue weighted by Crippen LogP contribution is -2.18. The summed E-state index contributed by atoms with van der Waals surface area (Å²) in [5.41, 5.74) is 6.27. The summed E-state index contributed by atoms with van der Waals surface area (Å²) < 4.78 is 0. The van der Waals surface area contributed by atoms with Crippen LogP contribution in [0.2, 0.25) is 5.02 Å². The maximum absolute atomic E-state index is 13.1. The minimum atomic E-state index is -0.173. The Hall–Kier alpha value is -1.87. The zero-order valence-electron chi connectivity index (χ0n) is 16.5. The molecule has 2 rings (SSSR count). The van der Waals surface area contributed by atoms with Gasteiger partial charge >= 0.3 is 0 Å². The van der Waals surface area contributed by atoms with Crippen molar-refractivity contribution in [1.29, 1.82) is 0 Å². The van der Waals surface area contributed by atoms with Gasteiger partial charge < -0.3 is 5.32 Å². The van der Waals surface area contributed by atoms with Crippen LogP contribution in [0.5, 0.6) is 0 Å². The number of carbonyl (C=O) groups excluding carboxylic acids is 1. The third kappa shape index (κ3) is 4.27. The Morgan fingerprint density at radius 3 is 2.23 bits per heavy atom. The Bertz CT molecular complexity index is 777. The zero-order valence-corrected chi connectivity index (χ0v) is 17.3. The third-order valence-corrected chi connectivity index (χ3v) is 5.28. The number of hydrogen-bond acceptors (Lipinski definition) is 2. The molecular weight excluding hydrogens is 344 g/mol. The number of unbranched alkanes of at least 4 members (excludes halogenated alkanes) is 1. The van der Waals surface area contributed by atoms with E-state index in [0.29, 0.717) is 16.3 Å². The smallest absolute Gasteiger partial charge is 0.259 e. The first kappa shape index (κ1) is 20.4. The van der Waals surface area contributed by atoms with Crippen LogP contribution in [-0.2, 0) is 19.3 Å². The van der Waals surface area contributed by atoms with Crippen molar-refractivity contribution in [2.45, 2.75) is 66.7 Å². The summed E-state index contributed by atoms with van der Waals surface area (Å²) in [6.45, 7) is 10.2. The van der Waals surface area contributed by atoms with E-state index < -0.39 is 0 Å². The second-order valence-corrected chi connectivity index (χ2v) is 7.04. The first-order valence-electron chi connectivity index (χ1n) is 9.52. The van der Waals surface area contributed by atoms with Gasteiger partial charge in [0.2, 0.25) is 0 Å². The maximum Gasteiger partial charge on any atom is 0.259 e. The molecule has 0 aliphatic rings. The van der Waals surface area contributed by atoms with Crippen molar-refractivity contribution >= 4 is 23.2 Å². The van der Waals surface area contributed by atoms with Crippen LogP contribution in [0.15, 0.2) is 18.2 Å². The molecule has 140 valence electrons. The molecule has 1 amide bonds. The number of aryl methyl sites for hydroxylation is 4. The van der Waals surface area contributed by atoms with Crippen LogP contribution in [0.3, 0.4) is 0 Å². The van der Waals surface area contributed by atoms with Gasteiger partial charge in [-0.25, -0.2) is 0 Å². The van der Waals surface area contributed by atoms with E-state index in [2.05, 4.69) is 43.2 Å². The number of pyridine rings is 1. The molecule has 1 aromatic heterocycles. The van der Waals surface area contributed by atoms with Crippen LogP contribution < -0.4 is 5.32 Å². The average Bonchev–Trinajstić information content (AvgIpc) is 2.61. The van der Waals surface area contributed by atoms with Gasteiger partial charge in [0, 0.05) is 11.4 Å². The van der Waals surface area contributed by atoms with Crippen molar-refractivity contribution in [2.75, 3.05) is 5.32 Å². The van der Waals surface area contributed by atoms with Crippen LogP contribution in [0.25, 0.3) is 0 Å². The molecule has 1 N–H and O–H groups in total. The van der Waals surface area contributed by atoms with Gasteiger partial charge in [0.05, 0.1) is 16.3 Å². The largest absolute Gasteiger partial charge is 0.321 e. The van der Waals surface area contributed by atoms with Gasteiger partial charge in [-0.15, -0.1) is 0 Å². The average molecular weight is 373 g/mol. The molecule has 2 aromatic rings. The topological polar surface area (TPSA) is 42.0 Å². The molecule has 0 saturated carbocycles. The van der Waals surface area contributed by atoms with Crippen LogP contribution in [-0.4, -0.2) is 10.9 Å². The van der Waals surface area contributed by atoms with E-state index in [1.165, 1.54) is 0 Å². The van der Waals surface area contributed by atoms with Crippen molar-refractivity contribution in [3.05, 3.63) is 56.9 Å². The molecule has 0 bridgehead atoms. The molecule has 0 aliphatic carbocycles. The van der Waals surface area contributed by atoms with Gasteiger partial charge in [0.15, 0.2) is 0 Å².